The lowest BCUT2D eigenvalue weighted by molar-refractivity contribution is -0.393. The van der Waals surface area contributed by atoms with Gasteiger partial charge in [-0.1, -0.05) is 19.8 Å². The summed E-state index contributed by atoms with van der Waals surface area (Å²) in [7, 11) is 1.45. The third-order valence-corrected chi connectivity index (χ3v) is 4.88. The van der Waals surface area contributed by atoms with Crippen molar-refractivity contribution in [2.45, 2.75) is 46.1 Å². The zero-order valence-corrected chi connectivity index (χ0v) is 19.7. The number of benzene rings is 2. The Hall–Kier alpha value is -4.60. The maximum Gasteiger partial charge on any atom is 0.304 e. The first-order valence-electron chi connectivity index (χ1n) is 10.7. The van der Waals surface area contributed by atoms with Crippen LogP contribution in [0.5, 0.6) is 5.75 Å². The number of amides is 1. The molecule has 0 aliphatic carbocycles. The molecule has 13 nitrogen and oxygen atoms in total. The number of azo groups is 1. The zero-order chi connectivity index (χ0) is 26.1. The quantitative estimate of drug-likeness (QED) is 0.230. The van der Waals surface area contributed by atoms with Crippen LogP contribution in [0.2, 0.25) is 0 Å². The number of hydrogen-bond acceptors (Lipinski definition) is 10. The third-order valence-electron chi connectivity index (χ3n) is 4.88. The van der Waals surface area contributed by atoms with Gasteiger partial charge in [0.05, 0.1) is 40.0 Å². The summed E-state index contributed by atoms with van der Waals surface area (Å²) < 4.78 is 5.44. The maximum atomic E-state index is 11.8. The van der Waals surface area contributed by atoms with Gasteiger partial charge in [-0.25, -0.2) is 0 Å². The van der Waals surface area contributed by atoms with Crippen molar-refractivity contribution in [1.82, 2.24) is 0 Å². The SMILES string of the molecule is CCCCC(C)Nc1cc(NC(C)=O)c(N=Nc2c(C#N)cc([N+](=O)[O-])cc2[N+](=O)[O-])cc1OC. The number of nitrogens with one attached hydrogen (secondary N) is 2. The summed E-state index contributed by atoms with van der Waals surface area (Å²) in [5, 5.41) is 45.8. The second-order valence-corrected chi connectivity index (χ2v) is 7.63. The van der Waals surface area contributed by atoms with Crippen molar-refractivity contribution in [2.75, 3.05) is 17.7 Å². The molecule has 0 bridgehead atoms. The van der Waals surface area contributed by atoms with E-state index >= 15 is 0 Å². The number of nitro groups is 2. The van der Waals surface area contributed by atoms with Crippen LogP contribution >= 0.6 is 0 Å². The molecule has 0 aliphatic rings. The molecule has 1 amide bonds. The van der Waals surface area contributed by atoms with E-state index in [4.69, 9.17) is 4.74 Å². The van der Waals surface area contributed by atoms with Gasteiger partial charge in [0.1, 0.15) is 17.5 Å². The number of nitro benzene ring substituents is 2. The number of anilines is 2. The molecule has 184 valence electrons. The van der Waals surface area contributed by atoms with E-state index in [-0.39, 0.29) is 17.4 Å². The summed E-state index contributed by atoms with van der Waals surface area (Å²) >= 11 is 0. The van der Waals surface area contributed by atoms with Gasteiger partial charge in [0.2, 0.25) is 5.91 Å². The van der Waals surface area contributed by atoms with Crippen molar-refractivity contribution >= 4 is 40.0 Å². The molecule has 2 aromatic rings. The van der Waals surface area contributed by atoms with E-state index in [0.717, 1.165) is 25.3 Å². The number of ether oxygens (including phenoxy) is 1. The maximum absolute atomic E-state index is 11.8. The summed E-state index contributed by atoms with van der Waals surface area (Å²) in [5.74, 6) is -0.00858. The number of nitriles is 1. The van der Waals surface area contributed by atoms with E-state index in [1.54, 1.807) is 12.1 Å². The molecule has 0 spiro atoms. The summed E-state index contributed by atoms with van der Waals surface area (Å²) in [4.78, 5) is 32.6. The number of carbonyl (C=O) groups excluding carboxylic acids is 1. The van der Waals surface area contributed by atoms with E-state index in [2.05, 4.69) is 27.8 Å². The van der Waals surface area contributed by atoms with E-state index in [1.807, 2.05) is 6.92 Å². The molecule has 35 heavy (non-hydrogen) atoms. The van der Waals surface area contributed by atoms with Crippen LogP contribution in [0.4, 0.5) is 34.1 Å². The highest BCUT2D eigenvalue weighted by atomic mass is 16.6. The van der Waals surface area contributed by atoms with Crippen LogP contribution in [0.25, 0.3) is 0 Å². The Kier molecular flexibility index (Phi) is 9.16. The van der Waals surface area contributed by atoms with E-state index < -0.39 is 38.4 Å². The Bertz CT molecular complexity index is 1210. The lowest BCUT2D eigenvalue weighted by Crippen LogP contribution is -2.16. The molecule has 0 radical (unpaired) electrons. The normalized spacial score (nSPS) is 11.5. The van der Waals surface area contributed by atoms with Gasteiger partial charge in [0, 0.05) is 25.1 Å². The van der Waals surface area contributed by atoms with Crippen molar-refractivity contribution in [2.24, 2.45) is 10.2 Å². The molecule has 0 heterocycles. The van der Waals surface area contributed by atoms with Gasteiger partial charge < -0.3 is 15.4 Å². The van der Waals surface area contributed by atoms with Crippen LogP contribution in [0.15, 0.2) is 34.5 Å². The fourth-order valence-corrected chi connectivity index (χ4v) is 3.21. The number of methoxy groups -OCH3 is 1. The third kappa shape index (κ3) is 6.94. The first-order chi connectivity index (χ1) is 16.6. The van der Waals surface area contributed by atoms with Crippen LogP contribution in [0, 0.1) is 31.6 Å². The molecule has 0 saturated carbocycles. The number of carbonyl (C=O) groups is 1. The lowest BCUT2D eigenvalue weighted by Gasteiger charge is -2.19. The van der Waals surface area contributed by atoms with Gasteiger partial charge in [0.15, 0.2) is 5.69 Å². The highest BCUT2D eigenvalue weighted by Gasteiger charge is 2.25. The second kappa shape index (κ2) is 12.0. The molecule has 0 aliphatic heterocycles. The minimum atomic E-state index is -0.887. The van der Waals surface area contributed by atoms with Crippen molar-refractivity contribution in [3.05, 3.63) is 50.1 Å². The van der Waals surface area contributed by atoms with Crippen LogP contribution in [0.1, 0.15) is 45.6 Å². The van der Waals surface area contributed by atoms with Crippen molar-refractivity contribution in [3.8, 4) is 11.8 Å². The zero-order valence-electron chi connectivity index (χ0n) is 19.7. The van der Waals surface area contributed by atoms with Gasteiger partial charge >= 0.3 is 5.69 Å². The highest BCUT2D eigenvalue weighted by Crippen LogP contribution is 2.40. The Labute approximate surface area is 201 Å². The summed E-state index contributed by atoms with van der Waals surface area (Å²) in [6.07, 6.45) is 2.98. The van der Waals surface area contributed by atoms with Gasteiger partial charge in [-0.15, -0.1) is 10.2 Å². The van der Waals surface area contributed by atoms with Crippen LogP contribution < -0.4 is 15.4 Å². The molecule has 2 aromatic carbocycles. The Balaban J connectivity index is 2.61. The predicted octanol–water partition coefficient (Wildman–Crippen LogP) is 5.75. The molecule has 2 N–H and O–H groups in total. The van der Waals surface area contributed by atoms with Gasteiger partial charge in [-0.3, -0.25) is 25.0 Å². The number of non-ortho nitro benzene ring substituents is 1. The van der Waals surface area contributed by atoms with Crippen molar-refractivity contribution < 1.29 is 19.4 Å². The summed E-state index contributed by atoms with van der Waals surface area (Å²) in [6, 6.07) is 6.45. The van der Waals surface area contributed by atoms with Gasteiger partial charge in [0.25, 0.3) is 5.69 Å². The Morgan fingerprint density at radius 3 is 2.43 bits per heavy atom. The van der Waals surface area contributed by atoms with Crippen LogP contribution in [-0.4, -0.2) is 28.9 Å². The number of rotatable bonds is 11. The number of hydrogen-bond donors (Lipinski definition) is 2. The van der Waals surface area contributed by atoms with Gasteiger partial charge in [-0.05, 0) is 19.4 Å². The molecule has 1 unspecified atom stereocenters. The molecule has 0 fully saturated rings. The van der Waals surface area contributed by atoms with Gasteiger partial charge in [-0.2, -0.15) is 5.26 Å². The number of unbranched alkanes of at least 4 members (excludes halogenated alkanes) is 1. The van der Waals surface area contributed by atoms with E-state index in [1.165, 1.54) is 20.1 Å². The van der Waals surface area contributed by atoms with E-state index in [9.17, 15) is 30.3 Å². The highest BCUT2D eigenvalue weighted by molar-refractivity contribution is 5.93. The van der Waals surface area contributed by atoms with Crippen molar-refractivity contribution in [1.29, 1.82) is 5.26 Å². The molecule has 13 heteroatoms. The Morgan fingerprint density at radius 1 is 1.17 bits per heavy atom. The molecular weight excluding hydrogens is 458 g/mol. The fourth-order valence-electron chi connectivity index (χ4n) is 3.21. The first kappa shape index (κ1) is 26.7. The Morgan fingerprint density at radius 2 is 1.89 bits per heavy atom. The first-order valence-corrected chi connectivity index (χ1v) is 10.7. The average molecular weight is 483 g/mol. The minimum absolute atomic E-state index is 0.0975. The van der Waals surface area contributed by atoms with Crippen molar-refractivity contribution in [3.63, 3.8) is 0 Å². The average Bonchev–Trinajstić information content (AvgIpc) is 2.81. The monoisotopic (exact) mass is 483 g/mol. The standard InChI is InChI=1S/C22H25N7O6/c1-5-6-7-13(2)24-19-10-17(25-14(3)30)18(11-21(19)35-4)26-27-22-15(12-23)8-16(28(31)32)9-20(22)29(33)34/h8-11,13,24H,5-7H2,1-4H3,(H,25,30). The minimum Gasteiger partial charge on any atom is -0.495 e. The van der Waals surface area contributed by atoms with Crippen LogP contribution in [-0.2, 0) is 4.79 Å². The summed E-state index contributed by atoms with van der Waals surface area (Å²) in [5.41, 5.74) is -1.29. The molecule has 1 atom stereocenters. The fraction of sp³-hybridized carbons (Fsp3) is 0.364. The second-order valence-electron chi connectivity index (χ2n) is 7.63. The summed E-state index contributed by atoms with van der Waals surface area (Å²) in [6.45, 7) is 5.41. The molecule has 0 aromatic heterocycles. The largest absolute Gasteiger partial charge is 0.495 e. The lowest BCUT2D eigenvalue weighted by atomic mass is 10.1. The van der Waals surface area contributed by atoms with E-state index in [0.29, 0.717) is 17.5 Å². The van der Waals surface area contributed by atoms with Crippen LogP contribution in [0.3, 0.4) is 0 Å². The number of nitrogens with zero attached hydrogens (tertiary/aromatic N) is 5. The predicted molar refractivity (Wildman–Crippen MR) is 129 cm³/mol. The smallest absolute Gasteiger partial charge is 0.304 e. The topological polar surface area (TPSA) is 185 Å². The molecule has 0 saturated heterocycles. The molecular formula is C22H25N7O6. The molecule has 2 rings (SSSR count).